The number of hydrogen-bond donors (Lipinski definition) is 2. The van der Waals surface area contributed by atoms with E-state index in [2.05, 4.69) is 88.9 Å². The summed E-state index contributed by atoms with van der Waals surface area (Å²) in [5.74, 6) is 0. The number of aryl methyl sites for hydroxylation is 1. The Balaban J connectivity index is 1.61. The Labute approximate surface area is 169 Å². The maximum Gasteiger partial charge on any atom is 0.0654 e. The molecule has 3 aromatic rings. The Bertz CT molecular complexity index is 904. The van der Waals surface area contributed by atoms with Crippen LogP contribution >= 0.6 is 23.7 Å². The number of para-hydroxylation sites is 1. The first-order valence-corrected chi connectivity index (χ1v) is 10.4. The fourth-order valence-corrected chi connectivity index (χ4v) is 3.98. The number of anilines is 1. The van der Waals surface area contributed by atoms with Gasteiger partial charge in [-0.25, -0.2) is 4.83 Å². The highest BCUT2D eigenvalue weighted by molar-refractivity contribution is 7.99. The van der Waals surface area contributed by atoms with E-state index in [1.807, 2.05) is 20.0 Å². The van der Waals surface area contributed by atoms with Crippen LogP contribution < -0.4 is 10.1 Å². The Morgan fingerprint density at radius 2 is 1.52 bits per heavy atom. The summed E-state index contributed by atoms with van der Waals surface area (Å²) < 4.78 is 0. The molecule has 0 heterocycles. The van der Waals surface area contributed by atoms with Gasteiger partial charge >= 0.3 is 0 Å². The lowest BCUT2D eigenvalue weighted by molar-refractivity contribution is 1.10. The Hall–Kier alpha value is -2.37. The predicted octanol–water partition coefficient (Wildman–Crippen LogP) is 6.21. The van der Waals surface area contributed by atoms with Crippen molar-refractivity contribution >= 4 is 35.1 Å². The van der Waals surface area contributed by atoms with Gasteiger partial charge in [0.2, 0.25) is 0 Å². The molecule has 0 saturated heterocycles. The van der Waals surface area contributed by atoms with Crippen molar-refractivity contribution < 1.29 is 0 Å². The highest BCUT2D eigenvalue weighted by Gasteiger charge is 2.04. The van der Waals surface area contributed by atoms with Crippen LogP contribution in [0.3, 0.4) is 0 Å². The molecule has 0 aliphatic rings. The quantitative estimate of drug-likeness (QED) is 0.284. The second-order valence-electron chi connectivity index (χ2n) is 6.08. The van der Waals surface area contributed by atoms with Crippen LogP contribution in [-0.4, -0.2) is 12.8 Å². The minimum atomic E-state index is 0.960. The monoisotopic (exact) mass is 393 g/mol. The van der Waals surface area contributed by atoms with Gasteiger partial charge in [0.1, 0.15) is 0 Å². The molecule has 5 heteroatoms. The van der Waals surface area contributed by atoms with Gasteiger partial charge in [0.05, 0.1) is 5.71 Å². The minimum absolute atomic E-state index is 0.960. The van der Waals surface area contributed by atoms with Crippen LogP contribution in [-0.2, 0) is 0 Å². The smallest absolute Gasteiger partial charge is 0.0654 e. The summed E-state index contributed by atoms with van der Waals surface area (Å²) in [7, 11) is 1.95. The average Bonchev–Trinajstić information content (AvgIpc) is 2.70. The molecule has 3 rings (SSSR count). The van der Waals surface area contributed by atoms with Crippen molar-refractivity contribution in [2.75, 3.05) is 12.4 Å². The molecular weight excluding hydrogens is 370 g/mol. The molecule has 0 fully saturated rings. The Kier molecular flexibility index (Phi) is 6.85. The van der Waals surface area contributed by atoms with Crippen molar-refractivity contribution in [3.63, 3.8) is 0 Å². The molecule has 3 aromatic carbocycles. The zero-order valence-electron chi connectivity index (χ0n) is 15.7. The predicted molar refractivity (Wildman–Crippen MR) is 119 cm³/mol. The number of benzene rings is 3. The van der Waals surface area contributed by atoms with Gasteiger partial charge in [0.25, 0.3) is 0 Å². The molecule has 0 aliphatic carbocycles. The molecule has 0 radical (unpaired) electrons. The number of nitrogens with zero attached hydrogens (tertiary/aromatic N) is 1. The number of nitrogens with one attached hydrogen (secondary N) is 2. The Morgan fingerprint density at radius 1 is 0.852 bits per heavy atom. The molecule has 2 N–H and O–H groups in total. The van der Waals surface area contributed by atoms with Crippen molar-refractivity contribution in [3.05, 3.63) is 83.9 Å². The van der Waals surface area contributed by atoms with Gasteiger partial charge in [-0.3, -0.25) is 0 Å². The van der Waals surface area contributed by atoms with Gasteiger partial charge in [-0.15, -0.1) is 0 Å². The van der Waals surface area contributed by atoms with Crippen LogP contribution in [0.5, 0.6) is 0 Å². The number of hydrogen-bond acceptors (Lipinski definition) is 5. The average molecular weight is 394 g/mol. The van der Waals surface area contributed by atoms with Crippen molar-refractivity contribution in [3.8, 4) is 0 Å². The van der Waals surface area contributed by atoms with E-state index in [9.17, 15) is 0 Å². The van der Waals surface area contributed by atoms with Crippen molar-refractivity contribution in [1.29, 1.82) is 0 Å². The van der Waals surface area contributed by atoms with Gasteiger partial charge in [-0.05, 0) is 55.8 Å². The van der Waals surface area contributed by atoms with Crippen LogP contribution in [0.4, 0.5) is 5.69 Å². The van der Waals surface area contributed by atoms with E-state index < -0.39 is 0 Å². The SMILES string of the molecule is CNc1ccccc1Sc1ccc(/C(C)=N/NSc2ccc(C)cc2)cc1. The second-order valence-corrected chi connectivity index (χ2v) is 8.05. The third-order valence-corrected chi connectivity index (χ3v) is 5.83. The number of hydrazone groups is 1. The molecular formula is C22H23N3S2. The largest absolute Gasteiger partial charge is 0.387 e. The summed E-state index contributed by atoms with van der Waals surface area (Å²) in [4.78, 5) is 6.65. The summed E-state index contributed by atoms with van der Waals surface area (Å²) >= 11 is 3.27. The first-order valence-electron chi connectivity index (χ1n) is 8.73. The first-order chi connectivity index (χ1) is 13.2. The molecule has 0 unspecified atom stereocenters. The lowest BCUT2D eigenvalue weighted by Crippen LogP contribution is -2.01. The van der Waals surface area contributed by atoms with Gasteiger partial charge in [0.15, 0.2) is 0 Å². The lowest BCUT2D eigenvalue weighted by Gasteiger charge is -2.09. The van der Waals surface area contributed by atoms with E-state index in [0.29, 0.717) is 0 Å². The second kappa shape index (κ2) is 9.53. The third kappa shape index (κ3) is 5.55. The minimum Gasteiger partial charge on any atom is -0.387 e. The number of rotatable bonds is 7. The highest BCUT2D eigenvalue weighted by atomic mass is 32.2. The van der Waals surface area contributed by atoms with E-state index in [4.69, 9.17) is 0 Å². The van der Waals surface area contributed by atoms with Gasteiger partial charge in [0, 0.05) is 39.4 Å². The summed E-state index contributed by atoms with van der Waals surface area (Å²) in [6.07, 6.45) is 0. The van der Waals surface area contributed by atoms with Crippen molar-refractivity contribution in [1.82, 2.24) is 4.83 Å². The molecule has 0 amide bonds. The fourth-order valence-electron chi connectivity index (χ4n) is 2.47. The normalized spacial score (nSPS) is 11.3. The molecule has 0 bridgehead atoms. The standard InChI is InChI=1S/C22H23N3S2/c1-16-8-12-20(13-9-16)27-25-24-17(2)18-10-14-19(15-11-18)26-22-7-5-4-6-21(22)23-3/h4-15,23,25H,1-3H3/b24-17+. The van der Waals surface area contributed by atoms with Crippen LogP contribution in [0.2, 0.25) is 0 Å². The van der Waals surface area contributed by atoms with Crippen LogP contribution in [0.15, 0.2) is 92.6 Å². The van der Waals surface area contributed by atoms with E-state index in [1.54, 1.807) is 11.8 Å². The lowest BCUT2D eigenvalue weighted by atomic mass is 10.1. The third-order valence-electron chi connectivity index (χ3n) is 4.05. The van der Waals surface area contributed by atoms with E-state index in [-0.39, 0.29) is 0 Å². The molecule has 0 atom stereocenters. The molecule has 27 heavy (non-hydrogen) atoms. The molecule has 0 aliphatic heterocycles. The van der Waals surface area contributed by atoms with Gasteiger partial charge < -0.3 is 5.32 Å². The van der Waals surface area contributed by atoms with E-state index in [0.717, 1.165) is 21.9 Å². The summed E-state index contributed by atoms with van der Waals surface area (Å²) in [6.45, 7) is 4.10. The fraction of sp³-hybridized carbons (Fsp3) is 0.136. The summed E-state index contributed by atoms with van der Waals surface area (Å²) in [5, 5.41) is 7.70. The van der Waals surface area contributed by atoms with Crippen LogP contribution in [0.1, 0.15) is 18.1 Å². The van der Waals surface area contributed by atoms with Crippen molar-refractivity contribution in [2.24, 2.45) is 5.10 Å². The molecule has 0 spiro atoms. The van der Waals surface area contributed by atoms with E-state index in [1.165, 1.54) is 27.3 Å². The highest BCUT2D eigenvalue weighted by Crippen LogP contribution is 2.33. The first kappa shape index (κ1) is 19.4. The molecule has 3 nitrogen and oxygen atoms in total. The van der Waals surface area contributed by atoms with Gasteiger partial charge in [-0.2, -0.15) is 5.10 Å². The molecule has 0 saturated carbocycles. The Morgan fingerprint density at radius 3 is 2.22 bits per heavy atom. The summed E-state index contributed by atoms with van der Waals surface area (Å²) in [6, 6.07) is 25.2. The van der Waals surface area contributed by atoms with E-state index >= 15 is 0 Å². The van der Waals surface area contributed by atoms with Gasteiger partial charge in [-0.1, -0.05) is 53.7 Å². The maximum atomic E-state index is 4.47. The summed E-state index contributed by atoms with van der Waals surface area (Å²) in [5.41, 5.74) is 4.47. The van der Waals surface area contributed by atoms with Crippen LogP contribution in [0, 0.1) is 6.92 Å². The molecule has 0 aromatic heterocycles. The maximum absolute atomic E-state index is 4.47. The zero-order valence-corrected chi connectivity index (χ0v) is 17.3. The van der Waals surface area contributed by atoms with Crippen molar-refractivity contribution in [2.45, 2.75) is 28.5 Å². The zero-order chi connectivity index (χ0) is 19.1. The topological polar surface area (TPSA) is 36.4 Å². The van der Waals surface area contributed by atoms with Crippen LogP contribution in [0.25, 0.3) is 0 Å². The molecule has 138 valence electrons.